The fourth-order valence-corrected chi connectivity index (χ4v) is 4.38. The molecule has 0 saturated carbocycles. The quantitative estimate of drug-likeness (QED) is 0.535. The molecule has 4 heterocycles. The number of carbonyl (C=O) groups is 1. The summed E-state index contributed by atoms with van der Waals surface area (Å²) in [5.41, 5.74) is 3.27. The Balaban J connectivity index is 1.24. The summed E-state index contributed by atoms with van der Waals surface area (Å²) in [6.07, 6.45) is 3.76. The minimum absolute atomic E-state index is 0.0509. The van der Waals surface area contributed by atoms with Gasteiger partial charge in [0, 0.05) is 56.0 Å². The lowest BCUT2D eigenvalue weighted by Crippen LogP contribution is -2.48. The van der Waals surface area contributed by atoms with E-state index in [1.807, 2.05) is 45.8 Å². The molecule has 1 amide bonds. The van der Waals surface area contributed by atoms with Crippen molar-refractivity contribution >= 4 is 45.7 Å². The lowest BCUT2D eigenvalue weighted by molar-refractivity contribution is 0.0622. The van der Waals surface area contributed by atoms with Crippen LogP contribution in [0.3, 0.4) is 0 Å². The highest BCUT2D eigenvalue weighted by molar-refractivity contribution is 6.36. The number of hydrogen-bond donors (Lipinski definition) is 1. The Kier molecular flexibility index (Phi) is 4.70. The molecule has 148 valence electrons. The molecule has 1 aliphatic heterocycles. The number of imidazole rings is 1. The molecule has 0 bridgehead atoms. The molecule has 1 aromatic carbocycles. The van der Waals surface area contributed by atoms with Crippen LogP contribution in [0.2, 0.25) is 10.0 Å². The van der Waals surface area contributed by atoms with Gasteiger partial charge in [0.15, 0.2) is 5.65 Å². The minimum Gasteiger partial charge on any atom is -0.351 e. The molecule has 1 aliphatic rings. The molecule has 3 aromatic heterocycles. The Bertz CT molecular complexity index is 1170. The van der Waals surface area contributed by atoms with Gasteiger partial charge in [0.25, 0.3) is 5.91 Å². The fourth-order valence-electron chi connectivity index (χ4n) is 3.85. The van der Waals surface area contributed by atoms with E-state index in [1.165, 1.54) is 0 Å². The maximum atomic E-state index is 12.9. The molecule has 6 nitrogen and oxygen atoms in total. The third-order valence-corrected chi connectivity index (χ3v) is 5.81. The van der Waals surface area contributed by atoms with Crippen LogP contribution in [0.15, 0.2) is 48.8 Å². The molecule has 1 saturated heterocycles. The van der Waals surface area contributed by atoms with Crippen molar-refractivity contribution in [3.05, 3.63) is 70.2 Å². The van der Waals surface area contributed by atoms with Crippen LogP contribution in [0.4, 0.5) is 0 Å². The van der Waals surface area contributed by atoms with Crippen LogP contribution in [0.5, 0.6) is 0 Å². The van der Waals surface area contributed by atoms with E-state index in [-0.39, 0.29) is 5.91 Å². The first-order chi connectivity index (χ1) is 14.1. The van der Waals surface area contributed by atoms with Crippen LogP contribution >= 0.6 is 23.2 Å². The number of para-hydroxylation sites is 1. The number of piperazine rings is 1. The smallest absolute Gasteiger partial charge is 0.270 e. The van der Waals surface area contributed by atoms with E-state index in [1.54, 1.807) is 12.3 Å². The summed E-state index contributed by atoms with van der Waals surface area (Å²) in [5, 5.41) is 2.17. The summed E-state index contributed by atoms with van der Waals surface area (Å²) in [6, 6.07) is 11.6. The topological polar surface area (TPSA) is 56.6 Å². The zero-order valence-corrected chi connectivity index (χ0v) is 17.1. The largest absolute Gasteiger partial charge is 0.351 e. The van der Waals surface area contributed by atoms with Gasteiger partial charge in [-0.2, -0.15) is 0 Å². The highest BCUT2D eigenvalue weighted by atomic mass is 35.5. The Morgan fingerprint density at radius 2 is 1.86 bits per heavy atom. The monoisotopic (exact) mass is 427 g/mol. The summed E-state index contributed by atoms with van der Waals surface area (Å²) in [5.74, 6) is 0.0509. The van der Waals surface area contributed by atoms with Crippen LogP contribution in [0.25, 0.3) is 16.6 Å². The number of carbonyl (C=O) groups excluding carboxylic acids is 1. The van der Waals surface area contributed by atoms with E-state index >= 15 is 0 Å². The summed E-state index contributed by atoms with van der Waals surface area (Å²) in [7, 11) is 0. The second-order valence-corrected chi connectivity index (χ2v) is 8.15. The van der Waals surface area contributed by atoms with Crippen molar-refractivity contribution in [1.29, 1.82) is 0 Å². The number of amides is 1. The molecular formula is C21H19Cl2N5O. The van der Waals surface area contributed by atoms with Crippen LogP contribution in [-0.2, 0) is 6.54 Å². The maximum absolute atomic E-state index is 12.9. The van der Waals surface area contributed by atoms with Crippen LogP contribution in [0.1, 0.15) is 16.2 Å². The van der Waals surface area contributed by atoms with Gasteiger partial charge in [-0.1, -0.05) is 41.4 Å². The molecule has 0 atom stereocenters. The molecule has 1 fully saturated rings. The van der Waals surface area contributed by atoms with Gasteiger partial charge < -0.3 is 14.3 Å². The normalized spacial score (nSPS) is 15.4. The molecule has 0 spiro atoms. The number of H-pyrrole nitrogens is 1. The molecule has 4 aromatic rings. The molecule has 0 radical (unpaired) electrons. The van der Waals surface area contributed by atoms with Crippen molar-refractivity contribution in [2.75, 3.05) is 26.2 Å². The van der Waals surface area contributed by atoms with Crippen molar-refractivity contribution in [2.45, 2.75) is 6.54 Å². The van der Waals surface area contributed by atoms with Crippen LogP contribution < -0.4 is 0 Å². The Morgan fingerprint density at radius 1 is 1.07 bits per heavy atom. The van der Waals surface area contributed by atoms with E-state index in [0.29, 0.717) is 41.0 Å². The highest BCUT2D eigenvalue weighted by Crippen LogP contribution is 2.22. The molecule has 0 aliphatic carbocycles. The minimum atomic E-state index is 0.0509. The summed E-state index contributed by atoms with van der Waals surface area (Å²) < 4.78 is 1.86. The second-order valence-electron chi connectivity index (χ2n) is 7.31. The lowest BCUT2D eigenvalue weighted by Gasteiger charge is -2.34. The number of aromatic nitrogens is 3. The van der Waals surface area contributed by atoms with Gasteiger partial charge in [-0.3, -0.25) is 9.69 Å². The number of pyridine rings is 1. The van der Waals surface area contributed by atoms with Gasteiger partial charge in [-0.05, 0) is 18.2 Å². The number of benzene rings is 1. The van der Waals surface area contributed by atoms with Gasteiger partial charge >= 0.3 is 0 Å². The average molecular weight is 428 g/mol. The fraction of sp³-hybridized carbons (Fsp3) is 0.238. The predicted octanol–water partition coefficient (Wildman–Crippen LogP) is 4.08. The zero-order valence-electron chi connectivity index (χ0n) is 15.6. The Labute approximate surface area is 177 Å². The van der Waals surface area contributed by atoms with Crippen molar-refractivity contribution in [3.63, 3.8) is 0 Å². The first-order valence-electron chi connectivity index (χ1n) is 9.49. The Morgan fingerprint density at radius 3 is 2.66 bits per heavy atom. The third kappa shape index (κ3) is 3.59. The summed E-state index contributed by atoms with van der Waals surface area (Å²) >= 11 is 12.3. The maximum Gasteiger partial charge on any atom is 0.270 e. The third-order valence-electron chi connectivity index (χ3n) is 5.33. The lowest BCUT2D eigenvalue weighted by atomic mass is 10.2. The van der Waals surface area contributed by atoms with E-state index < -0.39 is 0 Å². The van der Waals surface area contributed by atoms with Crippen molar-refractivity contribution in [1.82, 2.24) is 24.2 Å². The summed E-state index contributed by atoms with van der Waals surface area (Å²) in [4.78, 5) is 24.9. The summed E-state index contributed by atoms with van der Waals surface area (Å²) in [6.45, 7) is 3.69. The standard InChI is InChI=1S/C21H19Cl2N5O/c22-15-10-17(23)20-24-16(13-28(20)11-15)12-26-5-7-27(8-6-26)21(29)19-9-14-3-1-2-4-18(14)25-19/h1-4,9-11,13,25H,5-8,12H2. The highest BCUT2D eigenvalue weighted by Gasteiger charge is 2.24. The molecular weight excluding hydrogens is 409 g/mol. The van der Waals surface area contributed by atoms with Gasteiger partial charge in [0.05, 0.1) is 15.7 Å². The van der Waals surface area contributed by atoms with Gasteiger partial charge in [-0.25, -0.2) is 4.98 Å². The molecule has 1 N–H and O–H groups in total. The number of rotatable bonds is 3. The van der Waals surface area contributed by atoms with Gasteiger partial charge in [0.2, 0.25) is 0 Å². The Hall–Kier alpha value is -2.54. The SMILES string of the molecule is O=C(c1cc2ccccc2[nH]1)N1CCN(Cc2cn3cc(Cl)cc(Cl)c3n2)CC1. The van der Waals surface area contributed by atoms with Gasteiger partial charge in [0.1, 0.15) is 5.69 Å². The van der Waals surface area contributed by atoms with Crippen LogP contribution in [-0.4, -0.2) is 56.3 Å². The van der Waals surface area contributed by atoms with Crippen molar-refractivity contribution in [2.24, 2.45) is 0 Å². The van der Waals surface area contributed by atoms with E-state index in [0.717, 1.165) is 29.7 Å². The second kappa shape index (κ2) is 7.37. The van der Waals surface area contributed by atoms with Crippen LogP contribution in [0, 0.1) is 0 Å². The average Bonchev–Trinajstić information content (AvgIpc) is 3.32. The molecule has 29 heavy (non-hydrogen) atoms. The number of nitrogens with zero attached hydrogens (tertiary/aromatic N) is 4. The number of hydrogen-bond acceptors (Lipinski definition) is 3. The molecule has 8 heteroatoms. The number of halogens is 2. The van der Waals surface area contributed by atoms with Crippen molar-refractivity contribution < 1.29 is 4.79 Å². The van der Waals surface area contributed by atoms with E-state index in [4.69, 9.17) is 23.2 Å². The number of nitrogens with one attached hydrogen (secondary N) is 1. The number of fused-ring (bicyclic) bond motifs is 2. The van der Waals surface area contributed by atoms with Crippen molar-refractivity contribution in [3.8, 4) is 0 Å². The van der Waals surface area contributed by atoms with Gasteiger partial charge in [-0.15, -0.1) is 0 Å². The molecule has 0 unspecified atom stereocenters. The van der Waals surface area contributed by atoms with E-state index in [2.05, 4.69) is 14.9 Å². The first kappa shape index (κ1) is 18.5. The van der Waals surface area contributed by atoms with E-state index in [9.17, 15) is 4.79 Å². The zero-order chi connectivity index (χ0) is 20.0. The first-order valence-corrected chi connectivity index (χ1v) is 10.2. The predicted molar refractivity (Wildman–Crippen MR) is 115 cm³/mol. The number of aromatic amines is 1. The molecule has 5 rings (SSSR count).